The molecule has 1 amide bonds. The second-order valence-corrected chi connectivity index (χ2v) is 8.48. The van der Waals surface area contributed by atoms with Gasteiger partial charge in [-0.3, -0.25) is 14.6 Å². The van der Waals surface area contributed by atoms with Crippen LogP contribution in [0.25, 0.3) is 0 Å². The summed E-state index contributed by atoms with van der Waals surface area (Å²) in [6.07, 6.45) is 0. The maximum atomic E-state index is 14.0. The number of rotatable bonds is 5. The molecule has 7 heteroatoms. The second-order valence-electron chi connectivity index (χ2n) is 7.45. The molecule has 0 saturated carbocycles. The largest absolute Gasteiger partial charge is 0.367 e. The first kappa shape index (κ1) is 19.4. The van der Waals surface area contributed by atoms with Crippen LogP contribution in [-0.2, 0) is 11.3 Å². The van der Waals surface area contributed by atoms with Crippen molar-refractivity contribution in [2.45, 2.75) is 6.54 Å². The molecule has 0 unspecified atom stereocenters. The summed E-state index contributed by atoms with van der Waals surface area (Å²) in [6, 6.07) is 11.2. The molecule has 2 aromatic rings. The molecule has 150 valence electrons. The van der Waals surface area contributed by atoms with E-state index in [1.165, 1.54) is 10.9 Å². The Hall–Kier alpha value is -1.96. The number of carbonyl (C=O) groups is 1. The number of carbonyl (C=O) groups excluding carboxylic acids is 1. The van der Waals surface area contributed by atoms with E-state index >= 15 is 0 Å². The Morgan fingerprint density at radius 2 is 1.61 bits per heavy atom. The average molecular weight is 403 g/mol. The molecule has 0 spiro atoms. The number of hydrogen-bond acceptors (Lipinski definition) is 5. The second kappa shape index (κ2) is 9.03. The van der Waals surface area contributed by atoms with Crippen LogP contribution in [0.5, 0.6) is 0 Å². The van der Waals surface area contributed by atoms with Gasteiger partial charge < -0.3 is 9.80 Å². The Bertz CT molecular complexity index is 768. The van der Waals surface area contributed by atoms with Crippen molar-refractivity contribution in [3.05, 3.63) is 52.5 Å². The molecule has 0 bridgehead atoms. The smallest absolute Gasteiger partial charge is 0.236 e. The summed E-state index contributed by atoms with van der Waals surface area (Å²) in [6.45, 7) is 8.02. The zero-order chi connectivity index (χ0) is 19.3. The van der Waals surface area contributed by atoms with Gasteiger partial charge in [0.05, 0.1) is 12.2 Å². The lowest BCUT2D eigenvalue weighted by Gasteiger charge is -2.38. The molecule has 2 aliphatic heterocycles. The van der Waals surface area contributed by atoms with Gasteiger partial charge in [0.2, 0.25) is 5.91 Å². The van der Waals surface area contributed by atoms with Gasteiger partial charge in [0, 0.05) is 63.8 Å². The van der Waals surface area contributed by atoms with Gasteiger partial charge >= 0.3 is 0 Å². The molecule has 1 aromatic carbocycles. The van der Waals surface area contributed by atoms with Gasteiger partial charge in [-0.2, -0.15) is 0 Å². The molecule has 4 rings (SSSR count). The maximum Gasteiger partial charge on any atom is 0.236 e. The van der Waals surface area contributed by atoms with E-state index < -0.39 is 0 Å². The summed E-state index contributed by atoms with van der Waals surface area (Å²) in [5.41, 5.74) is 0.662. The molecule has 0 radical (unpaired) electrons. The first-order valence-corrected chi connectivity index (χ1v) is 10.8. The Labute approximate surface area is 169 Å². The van der Waals surface area contributed by atoms with Gasteiger partial charge in [0.1, 0.15) is 5.82 Å². The van der Waals surface area contributed by atoms with E-state index in [1.807, 2.05) is 17.0 Å². The Morgan fingerprint density at radius 3 is 2.29 bits per heavy atom. The number of hydrogen-bond donors (Lipinski definition) is 0. The van der Waals surface area contributed by atoms with Gasteiger partial charge in [-0.1, -0.05) is 18.2 Å². The van der Waals surface area contributed by atoms with Crippen LogP contribution in [0.4, 0.5) is 10.1 Å². The third-order valence-corrected chi connectivity index (χ3v) is 6.47. The normalized spacial score (nSPS) is 19.2. The van der Waals surface area contributed by atoms with E-state index in [0.717, 1.165) is 58.9 Å². The summed E-state index contributed by atoms with van der Waals surface area (Å²) < 4.78 is 14.0. The van der Waals surface area contributed by atoms with E-state index in [1.54, 1.807) is 17.4 Å². The highest BCUT2D eigenvalue weighted by Gasteiger charge is 2.25. The topological polar surface area (TPSA) is 30.0 Å². The van der Waals surface area contributed by atoms with Gasteiger partial charge in [-0.25, -0.2) is 4.39 Å². The van der Waals surface area contributed by atoms with Crippen molar-refractivity contribution < 1.29 is 9.18 Å². The lowest BCUT2D eigenvalue weighted by Crippen LogP contribution is -2.53. The van der Waals surface area contributed by atoms with Crippen molar-refractivity contribution >= 4 is 22.9 Å². The highest BCUT2D eigenvalue weighted by molar-refractivity contribution is 7.09. The van der Waals surface area contributed by atoms with Crippen molar-refractivity contribution in [3.63, 3.8) is 0 Å². The van der Waals surface area contributed by atoms with Gasteiger partial charge in [0.15, 0.2) is 0 Å². The Morgan fingerprint density at radius 1 is 0.893 bits per heavy atom. The molecule has 3 heterocycles. The van der Waals surface area contributed by atoms with Crippen LogP contribution in [0.2, 0.25) is 0 Å². The molecule has 1 aromatic heterocycles. The molecule has 2 aliphatic rings. The van der Waals surface area contributed by atoms with Gasteiger partial charge in [0.25, 0.3) is 0 Å². The van der Waals surface area contributed by atoms with Crippen molar-refractivity contribution in [2.75, 3.05) is 63.8 Å². The van der Waals surface area contributed by atoms with E-state index in [4.69, 9.17) is 0 Å². The number of piperazine rings is 2. The Kier molecular flexibility index (Phi) is 6.24. The molecular weight excluding hydrogens is 375 g/mol. The highest BCUT2D eigenvalue weighted by Crippen LogP contribution is 2.20. The molecule has 0 N–H and O–H groups in total. The summed E-state index contributed by atoms with van der Waals surface area (Å²) in [5, 5.41) is 2.11. The Balaban J connectivity index is 1.20. The predicted molar refractivity (Wildman–Crippen MR) is 111 cm³/mol. The predicted octanol–water partition coefficient (Wildman–Crippen LogP) is 2.35. The summed E-state index contributed by atoms with van der Waals surface area (Å²) in [5.74, 6) is 0.0440. The minimum Gasteiger partial charge on any atom is -0.367 e. The van der Waals surface area contributed by atoms with Crippen LogP contribution in [0, 0.1) is 5.82 Å². The van der Waals surface area contributed by atoms with Crippen LogP contribution < -0.4 is 4.90 Å². The van der Waals surface area contributed by atoms with E-state index in [-0.39, 0.29) is 11.7 Å². The number of halogens is 1. The number of para-hydroxylation sites is 1. The fourth-order valence-electron chi connectivity index (χ4n) is 3.92. The summed E-state index contributed by atoms with van der Waals surface area (Å²) >= 11 is 1.79. The zero-order valence-corrected chi connectivity index (χ0v) is 16.9. The maximum absolute atomic E-state index is 14.0. The molecule has 28 heavy (non-hydrogen) atoms. The minimum atomic E-state index is -0.174. The van der Waals surface area contributed by atoms with Crippen LogP contribution >= 0.6 is 11.3 Å². The first-order chi connectivity index (χ1) is 13.7. The standard InChI is InChI=1S/C21H27FN4OS/c22-19-5-1-2-6-20(19)25-11-7-24(8-12-25)17-21(27)26-13-9-23(10-14-26)16-18-4-3-15-28-18/h1-6,15H,7-14,16-17H2. The fraction of sp³-hybridized carbons (Fsp3) is 0.476. The number of benzene rings is 1. The lowest BCUT2D eigenvalue weighted by molar-refractivity contribution is -0.134. The SMILES string of the molecule is O=C(CN1CCN(c2ccccc2F)CC1)N1CCN(Cc2cccs2)CC1. The van der Waals surface area contributed by atoms with Crippen molar-refractivity contribution in [1.82, 2.24) is 14.7 Å². The van der Waals surface area contributed by atoms with Crippen LogP contribution in [0.1, 0.15) is 4.88 Å². The lowest BCUT2D eigenvalue weighted by atomic mass is 10.2. The summed E-state index contributed by atoms with van der Waals surface area (Å²) in [7, 11) is 0. The van der Waals surface area contributed by atoms with Crippen molar-refractivity contribution in [2.24, 2.45) is 0 Å². The molecular formula is C21H27FN4OS. The average Bonchev–Trinajstić information content (AvgIpc) is 3.23. The third-order valence-electron chi connectivity index (χ3n) is 5.61. The van der Waals surface area contributed by atoms with E-state index in [0.29, 0.717) is 12.2 Å². The van der Waals surface area contributed by atoms with E-state index in [9.17, 15) is 9.18 Å². The molecule has 5 nitrogen and oxygen atoms in total. The number of amides is 1. The minimum absolute atomic E-state index is 0.174. The van der Waals surface area contributed by atoms with Crippen LogP contribution in [0.3, 0.4) is 0 Å². The summed E-state index contributed by atoms with van der Waals surface area (Å²) in [4.78, 5) is 22.7. The first-order valence-electron chi connectivity index (χ1n) is 9.93. The fourth-order valence-corrected chi connectivity index (χ4v) is 4.67. The zero-order valence-electron chi connectivity index (χ0n) is 16.1. The third kappa shape index (κ3) is 4.71. The molecule has 2 saturated heterocycles. The number of anilines is 1. The molecule has 2 fully saturated rings. The van der Waals surface area contributed by atoms with Gasteiger partial charge in [-0.05, 0) is 23.6 Å². The molecule has 0 aliphatic carbocycles. The molecule has 0 atom stereocenters. The quantitative estimate of drug-likeness (QED) is 0.768. The van der Waals surface area contributed by atoms with Gasteiger partial charge in [-0.15, -0.1) is 11.3 Å². The number of nitrogens with zero attached hydrogens (tertiary/aromatic N) is 4. The van der Waals surface area contributed by atoms with E-state index in [2.05, 4.69) is 32.2 Å². The number of thiophene rings is 1. The highest BCUT2D eigenvalue weighted by atomic mass is 32.1. The van der Waals surface area contributed by atoms with Crippen LogP contribution in [-0.4, -0.2) is 79.5 Å². The monoisotopic (exact) mass is 402 g/mol. The van der Waals surface area contributed by atoms with Crippen molar-refractivity contribution in [3.8, 4) is 0 Å². The van der Waals surface area contributed by atoms with Crippen LogP contribution in [0.15, 0.2) is 41.8 Å². The van der Waals surface area contributed by atoms with Crippen molar-refractivity contribution in [1.29, 1.82) is 0 Å².